The number of esters is 3. The van der Waals surface area contributed by atoms with Crippen LogP contribution in [0.3, 0.4) is 0 Å². The molecule has 1 atom stereocenters. The van der Waals surface area contributed by atoms with Crippen molar-refractivity contribution in [3.63, 3.8) is 0 Å². The highest BCUT2D eigenvalue weighted by atomic mass is 16.6. The topological polar surface area (TPSA) is 78.9 Å². The molecule has 76 heavy (non-hydrogen) atoms. The van der Waals surface area contributed by atoms with Crippen molar-refractivity contribution in [2.75, 3.05) is 13.2 Å². The summed E-state index contributed by atoms with van der Waals surface area (Å²) in [5, 5.41) is 0. The molecule has 0 aliphatic rings. The largest absolute Gasteiger partial charge is 0.462 e. The van der Waals surface area contributed by atoms with Crippen molar-refractivity contribution < 1.29 is 28.6 Å². The fourth-order valence-electron chi connectivity index (χ4n) is 8.51. The molecule has 432 valence electrons. The molecule has 0 aliphatic carbocycles. The summed E-state index contributed by atoms with van der Waals surface area (Å²) in [6.45, 7) is 6.40. The molecule has 0 spiro atoms. The van der Waals surface area contributed by atoms with E-state index in [-0.39, 0.29) is 31.1 Å². The highest BCUT2D eigenvalue weighted by Gasteiger charge is 2.19. The van der Waals surface area contributed by atoms with Crippen LogP contribution in [0, 0.1) is 0 Å². The van der Waals surface area contributed by atoms with Crippen molar-refractivity contribution in [3.8, 4) is 0 Å². The lowest BCUT2D eigenvalue weighted by atomic mass is 10.1. The van der Waals surface area contributed by atoms with Gasteiger partial charge in [-0.1, -0.05) is 258 Å². The second kappa shape index (κ2) is 63.3. The summed E-state index contributed by atoms with van der Waals surface area (Å²) in [6, 6.07) is 0. The fraction of sp³-hybridized carbons (Fsp3) is 0.671. The molecule has 6 nitrogen and oxygen atoms in total. The quantitative estimate of drug-likeness (QED) is 0.0261. The van der Waals surface area contributed by atoms with E-state index < -0.39 is 6.10 Å². The Bertz CT molecular complexity index is 1590. The Morgan fingerprint density at radius 3 is 0.816 bits per heavy atom. The first-order chi connectivity index (χ1) is 37.5. The van der Waals surface area contributed by atoms with Crippen LogP contribution in [0.15, 0.2) is 122 Å². The Morgan fingerprint density at radius 1 is 0.276 bits per heavy atom. The lowest BCUT2D eigenvalue weighted by Gasteiger charge is -2.18. The van der Waals surface area contributed by atoms with Crippen LogP contribution in [0.4, 0.5) is 0 Å². The van der Waals surface area contributed by atoms with Gasteiger partial charge in [-0.2, -0.15) is 0 Å². The summed E-state index contributed by atoms with van der Waals surface area (Å²) in [5.74, 6) is -0.922. The number of hydrogen-bond acceptors (Lipinski definition) is 6. The van der Waals surface area contributed by atoms with Gasteiger partial charge in [-0.05, 0) is 128 Å². The fourth-order valence-corrected chi connectivity index (χ4v) is 8.51. The molecule has 0 aromatic heterocycles. The van der Waals surface area contributed by atoms with Gasteiger partial charge in [0, 0.05) is 19.3 Å². The molecule has 6 heteroatoms. The molecule has 0 N–H and O–H groups in total. The van der Waals surface area contributed by atoms with Crippen LogP contribution >= 0.6 is 0 Å². The summed E-state index contributed by atoms with van der Waals surface area (Å²) < 4.78 is 16.9. The molecule has 0 amide bonds. The minimum atomic E-state index is -0.798. The predicted molar refractivity (Wildman–Crippen MR) is 330 cm³/mol. The summed E-state index contributed by atoms with van der Waals surface area (Å²) in [6.07, 6.45) is 87.6. The molecule has 0 aliphatic heterocycles. The van der Waals surface area contributed by atoms with Gasteiger partial charge >= 0.3 is 17.9 Å². The predicted octanol–water partition coefficient (Wildman–Crippen LogP) is 21.6. The van der Waals surface area contributed by atoms with E-state index in [2.05, 4.69) is 142 Å². The summed E-state index contributed by atoms with van der Waals surface area (Å²) in [4.78, 5) is 38.3. The first kappa shape index (κ1) is 71.8. The molecule has 0 rings (SSSR count). The van der Waals surface area contributed by atoms with Gasteiger partial charge in [-0.25, -0.2) is 0 Å². The van der Waals surface area contributed by atoms with Gasteiger partial charge in [0.15, 0.2) is 6.10 Å². The minimum Gasteiger partial charge on any atom is -0.462 e. The van der Waals surface area contributed by atoms with Gasteiger partial charge in [-0.3, -0.25) is 14.4 Å². The van der Waals surface area contributed by atoms with Crippen molar-refractivity contribution in [2.24, 2.45) is 0 Å². The number of carbonyl (C=O) groups excluding carboxylic acids is 3. The third-order valence-electron chi connectivity index (χ3n) is 13.2. The van der Waals surface area contributed by atoms with Gasteiger partial charge in [0.2, 0.25) is 0 Å². The summed E-state index contributed by atoms with van der Waals surface area (Å²) in [7, 11) is 0. The van der Waals surface area contributed by atoms with Crippen molar-refractivity contribution in [1.29, 1.82) is 0 Å². The lowest BCUT2D eigenvalue weighted by Crippen LogP contribution is -2.30. The van der Waals surface area contributed by atoms with Crippen LogP contribution in [0.25, 0.3) is 0 Å². The van der Waals surface area contributed by atoms with Crippen molar-refractivity contribution in [3.05, 3.63) is 122 Å². The Hall–Kier alpha value is -4.19. The molecule has 0 bridgehead atoms. The summed E-state index contributed by atoms with van der Waals surface area (Å²) >= 11 is 0. The first-order valence-corrected chi connectivity index (χ1v) is 31.5. The number of hydrogen-bond donors (Lipinski definition) is 0. The molecular formula is C70H116O6. The molecule has 1 unspecified atom stereocenters. The molecule has 0 fully saturated rings. The maximum absolute atomic E-state index is 12.9. The van der Waals surface area contributed by atoms with Crippen LogP contribution < -0.4 is 0 Å². The molecule has 0 aromatic rings. The normalized spacial score (nSPS) is 12.9. The Morgan fingerprint density at radius 2 is 0.513 bits per heavy atom. The molecule has 0 radical (unpaired) electrons. The van der Waals surface area contributed by atoms with Crippen LogP contribution in [0.5, 0.6) is 0 Å². The highest BCUT2D eigenvalue weighted by Crippen LogP contribution is 2.15. The molecule has 0 heterocycles. The minimum absolute atomic E-state index is 0.0931. The second-order valence-corrected chi connectivity index (χ2v) is 20.5. The van der Waals surface area contributed by atoms with E-state index in [0.29, 0.717) is 19.3 Å². The Labute approximate surface area is 469 Å². The lowest BCUT2D eigenvalue weighted by molar-refractivity contribution is -0.167. The van der Waals surface area contributed by atoms with Crippen LogP contribution in [0.2, 0.25) is 0 Å². The highest BCUT2D eigenvalue weighted by molar-refractivity contribution is 5.71. The van der Waals surface area contributed by atoms with Crippen molar-refractivity contribution >= 4 is 17.9 Å². The van der Waals surface area contributed by atoms with Crippen molar-refractivity contribution in [2.45, 2.75) is 290 Å². The number of ether oxygens (including phenoxy) is 3. The zero-order chi connectivity index (χ0) is 55.0. The maximum Gasteiger partial charge on any atom is 0.306 e. The number of rotatable bonds is 56. The van der Waals surface area contributed by atoms with E-state index in [0.717, 1.165) is 141 Å². The average Bonchev–Trinajstić information content (AvgIpc) is 3.42. The SMILES string of the molecule is CC/C=C\C/C=C\C/C=C\C/C=C\C/C=C\C/C=C\CCCCCCCCC(=O)OCC(COC(=O)CCCCCCC/C=C\CCCCCCCCC)OC(=O)CCCCCCCCC/C=C\C/C=C\C/C=C\CC. The Kier molecular flexibility index (Phi) is 59.9. The average molecular weight is 1050 g/mol. The van der Waals surface area contributed by atoms with Crippen molar-refractivity contribution in [1.82, 2.24) is 0 Å². The van der Waals surface area contributed by atoms with Crippen LogP contribution in [-0.4, -0.2) is 37.2 Å². The van der Waals surface area contributed by atoms with Gasteiger partial charge < -0.3 is 14.2 Å². The van der Waals surface area contributed by atoms with Gasteiger partial charge in [0.25, 0.3) is 0 Å². The first-order valence-electron chi connectivity index (χ1n) is 31.5. The maximum atomic E-state index is 12.9. The van der Waals surface area contributed by atoms with E-state index in [9.17, 15) is 14.4 Å². The van der Waals surface area contributed by atoms with Gasteiger partial charge in [0.1, 0.15) is 13.2 Å². The molecule has 0 saturated heterocycles. The summed E-state index contributed by atoms with van der Waals surface area (Å²) in [5.41, 5.74) is 0. The van der Waals surface area contributed by atoms with Gasteiger partial charge in [-0.15, -0.1) is 0 Å². The van der Waals surface area contributed by atoms with E-state index in [1.807, 2.05) is 0 Å². The Balaban J connectivity index is 4.43. The van der Waals surface area contributed by atoms with Crippen LogP contribution in [-0.2, 0) is 28.6 Å². The van der Waals surface area contributed by atoms with E-state index in [4.69, 9.17) is 14.2 Å². The second-order valence-electron chi connectivity index (χ2n) is 20.5. The smallest absolute Gasteiger partial charge is 0.306 e. The zero-order valence-electron chi connectivity index (χ0n) is 49.5. The molecule has 0 aromatic carbocycles. The zero-order valence-corrected chi connectivity index (χ0v) is 49.5. The van der Waals surface area contributed by atoms with E-state index in [1.54, 1.807) is 0 Å². The number of unbranched alkanes of at least 4 members (excludes halogenated alkanes) is 25. The number of allylic oxidation sites excluding steroid dienone is 20. The third kappa shape index (κ3) is 60.7. The molecule has 0 saturated carbocycles. The number of carbonyl (C=O) groups is 3. The van der Waals surface area contributed by atoms with E-state index >= 15 is 0 Å². The van der Waals surface area contributed by atoms with Crippen LogP contribution in [0.1, 0.15) is 284 Å². The molecular weight excluding hydrogens is 937 g/mol. The standard InChI is InChI=1S/C70H116O6/c1-4-7-10-13-16-19-22-25-28-31-32-33-34-35-36-37-38-40-42-45-48-51-54-57-60-63-69(72)75-66-67(65-74-68(71)62-59-56-53-50-47-44-41-30-27-24-21-18-15-12-9-6-3)76-70(73)64-61-58-55-52-49-46-43-39-29-26-23-20-17-14-11-8-5-2/h7-8,10-11,16-17,19-20,25-26,28-30,32-33,35-36,38,40-41,67H,4-6,9,12-15,18,21-24,27,31,34,37,39,42-66H2,1-3H3/b10-7-,11-8-,19-16-,20-17-,28-25-,29-26-,33-32-,36-35-,40-38-,41-30-. The van der Waals surface area contributed by atoms with E-state index in [1.165, 1.54) is 103 Å². The monoisotopic (exact) mass is 1050 g/mol. The van der Waals surface area contributed by atoms with Gasteiger partial charge in [0.05, 0.1) is 0 Å². The third-order valence-corrected chi connectivity index (χ3v) is 13.2.